The zero-order valence-corrected chi connectivity index (χ0v) is 14.5. The molecule has 0 spiro atoms. The number of hydrazine groups is 1. The minimum absolute atomic E-state index is 0.132. The monoisotopic (exact) mass is 297 g/mol. The summed E-state index contributed by atoms with van der Waals surface area (Å²) in [4.78, 5) is 4.79. The third-order valence-corrected chi connectivity index (χ3v) is 4.69. The van der Waals surface area contributed by atoms with E-state index in [9.17, 15) is 0 Å². The van der Waals surface area contributed by atoms with E-state index in [1.54, 1.807) is 11.3 Å². The van der Waals surface area contributed by atoms with Gasteiger partial charge in [-0.2, -0.15) is 0 Å². The molecule has 20 heavy (non-hydrogen) atoms. The molecule has 3 nitrogen and oxygen atoms in total. The summed E-state index contributed by atoms with van der Waals surface area (Å²) in [6.07, 6.45) is 5.85. The number of nitrogens with zero attached hydrogens (tertiary/aromatic N) is 1. The smallest absolute Gasteiger partial charge is 0.0944 e. The van der Waals surface area contributed by atoms with Gasteiger partial charge >= 0.3 is 0 Å². The standard InChI is InChI=1S/C16H31N3S/c1-6-8-12(9-7-2)13(19-17)10-15-18-14(11-20-15)16(3,4)5/h11-13,19H,6-10,17H2,1-5H3. The molecule has 0 aliphatic rings. The van der Waals surface area contributed by atoms with Crippen LogP contribution in [-0.4, -0.2) is 11.0 Å². The summed E-state index contributed by atoms with van der Waals surface area (Å²) in [6.45, 7) is 11.1. The lowest BCUT2D eigenvalue weighted by atomic mass is 9.89. The van der Waals surface area contributed by atoms with E-state index in [1.165, 1.54) is 36.4 Å². The first-order chi connectivity index (χ1) is 9.42. The van der Waals surface area contributed by atoms with Crippen molar-refractivity contribution in [1.82, 2.24) is 10.4 Å². The Kier molecular flexibility index (Phi) is 7.13. The Labute approximate surface area is 128 Å². The SMILES string of the molecule is CCCC(CCC)C(Cc1nc(C(C)(C)C)cs1)NN. The number of aromatic nitrogens is 1. The molecule has 0 bridgehead atoms. The maximum absolute atomic E-state index is 5.80. The third kappa shape index (κ3) is 5.15. The molecule has 0 saturated heterocycles. The van der Waals surface area contributed by atoms with Crippen LogP contribution in [0, 0.1) is 5.92 Å². The summed E-state index contributed by atoms with van der Waals surface area (Å²) >= 11 is 1.77. The minimum Gasteiger partial charge on any atom is -0.271 e. The lowest BCUT2D eigenvalue weighted by molar-refractivity contribution is 0.311. The Morgan fingerprint density at radius 2 is 1.85 bits per heavy atom. The molecule has 1 unspecified atom stereocenters. The van der Waals surface area contributed by atoms with Gasteiger partial charge in [0.25, 0.3) is 0 Å². The Hall–Kier alpha value is -0.450. The van der Waals surface area contributed by atoms with Crippen molar-refractivity contribution in [2.24, 2.45) is 11.8 Å². The zero-order valence-electron chi connectivity index (χ0n) is 13.7. The van der Waals surface area contributed by atoms with Crippen LogP contribution in [0.5, 0.6) is 0 Å². The van der Waals surface area contributed by atoms with Crippen molar-refractivity contribution in [3.05, 3.63) is 16.1 Å². The van der Waals surface area contributed by atoms with Gasteiger partial charge in [-0.15, -0.1) is 11.3 Å². The van der Waals surface area contributed by atoms with E-state index in [1.807, 2.05) is 0 Å². The van der Waals surface area contributed by atoms with Crippen LogP contribution < -0.4 is 11.3 Å². The lowest BCUT2D eigenvalue weighted by Gasteiger charge is -2.25. The Bertz CT molecular complexity index is 375. The molecule has 0 amide bonds. The highest BCUT2D eigenvalue weighted by Crippen LogP contribution is 2.26. The van der Waals surface area contributed by atoms with Gasteiger partial charge in [0.15, 0.2) is 0 Å². The molecule has 4 heteroatoms. The molecule has 1 aromatic rings. The van der Waals surface area contributed by atoms with Crippen LogP contribution in [0.15, 0.2) is 5.38 Å². The number of rotatable bonds is 8. The number of nitrogens with two attached hydrogens (primary N) is 1. The molecule has 0 aliphatic heterocycles. The molecule has 1 heterocycles. The Morgan fingerprint density at radius 1 is 1.25 bits per heavy atom. The molecule has 3 N–H and O–H groups in total. The van der Waals surface area contributed by atoms with Crippen molar-refractivity contribution in [2.75, 3.05) is 0 Å². The van der Waals surface area contributed by atoms with E-state index in [4.69, 9.17) is 10.8 Å². The molecule has 0 aromatic carbocycles. The van der Waals surface area contributed by atoms with Crippen LogP contribution >= 0.6 is 11.3 Å². The lowest BCUT2D eigenvalue weighted by Crippen LogP contribution is -2.42. The number of hydrogen-bond donors (Lipinski definition) is 2. The Balaban J connectivity index is 2.74. The van der Waals surface area contributed by atoms with E-state index >= 15 is 0 Å². The van der Waals surface area contributed by atoms with Crippen LogP contribution in [0.3, 0.4) is 0 Å². The minimum atomic E-state index is 0.132. The summed E-state index contributed by atoms with van der Waals surface area (Å²) in [6, 6.07) is 0.342. The molecule has 0 fully saturated rings. The fraction of sp³-hybridized carbons (Fsp3) is 0.812. The molecule has 1 rings (SSSR count). The fourth-order valence-electron chi connectivity index (χ4n) is 2.59. The van der Waals surface area contributed by atoms with Gasteiger partial charge in [0.2, 0.25) is 0 Å². The summed E-state index contributed by atoms with van der Waals surface area (Å²) in [7, 11) is 0. The van der Waals surface area contributed by atoms with E-state index in [0.29, 0.717) is 12.0 Å². The fourth-order valence-corrected chi connectivity index (χ4v) is 3.67. The average Bonchev–Trinajstić information content (AvgIpc) is 2.84. The second-order valence-electron chi connectivity index (χ2n) is 6.69. The van der Waals surface area contributed by atoms with Crippen LogP contribution in [0.4, 0.5) is 0 Å². The topological polar surface area (TPSA) is 50.9 Å². The Morgan fingerprint density at radius 3 is 2.25 bits per heavy atom. The maximum atomic E-state index is 5.80. The number of nitrogens with one attached hydrogen (secondary N) is 1. The number of thiazole rings is 1. The summed E-state index contributed by atoms with van der Waals surface area (Å²) < 4.78 is 0. The maximum Gasteiger partial charge on any atom is 0.0944 e. The van der Waals surface area contributed by atoms with Gasteiger partial charge in [-0.1, -0.05) is 47.5 Å². The van der Waals surface area contributed by atoms with Gasteiger partial charge in [0, 0.05) is 23.3 Å². The van der Waals surface area contributed by atoms with Crippen molar-refractivity contribution in [3.63, 3.8) is 0 Å². The van der Waals surface area contributed by atoms with Gasteiger partial charge < -0.3 is 0 Å². The molecule has 1 aromatic heterocycles. The van der Waals surface area contributed by atoms with E-state index in [0.717, 1.165) is 6.42 Å². The van der Waals surface area contributed by atoms with Gasteiger partial charge in [0.05, 0.1) is 10.7 Å². The molecule has 0 saturated carbocycles. The van der Waals surface area contributed by atoms with Crippen molar-refractivity contribution in [1.29, 1.82) is 0 Å². The van der Waals surface area contributed by atoms with Crippen molar-refractivity contribution in [3.8, 4) is 0 Å². The van der Waals surface area contributed by atoms with Crippen molar-refractivity contribution in [2.45, 2.75) is 78.2 Å². The van der Waals surface area contributed by atoms with Crippen LogP contribution in [0.1, 0.15) is 71.0 Å². The quantitative estimate of drug-likeness (QED) is 0.562. The largest absolute Gasteiger partial charge is 0.271 e. The average molecular weight is 298 g/mol. The highest BCUT2D eigenvalue weighted by Gasteiger charge is 2.22. The predicted molar refractivity (Wildman–Crippen MR) is 88.9 cm³/mol. The molecular weight excluding hydrogens is 266 g/mol. The van der Waals surface area contributed by atoms with E-state index < -0.39 is 0 Å². The summed E-state index contributed by atoms with van der Waals surface area (Å²) in [5.41, 5.74) is 4.36. The van der Waals surface area contributed by atoms with E-state index in [2.05, 4.69) is 45.4 Å². The van der Waals surface area contributed by atoms with Crippen molar-refractivity contribution >= 4 is 11.3 Å². The van der Waals surface area contributed by atoms with Gasteiger partial charge in [-0.05, 0) is 18.8 Å². The molecule has 1 atom stereocenters. The van der Waals surface area contributed by atoms with Crippen molar-refractivity contribution < 1.29 is 0 Å². The first-order valence-corrected chi connectivity index (χ1v) is 8.71. The summed E-state index contributed by atoms with van der Waals surface area (Å²) in [5.74, 6) is 6.45. The van der Waals surface area contributed by atoms with Gasteiger partial charge in [0.1, 0.15) is 0 Å². The molecular formula is C16H31N3S. The zero-order chi connectivity index (χ0) is 15.2. The second kappa shape index (κ2) is 8.11. The third-order valence-electron chi connectivity index (χ3n) is 3.82. The molecule has 0 radical (unpaired) electrons. The first kappa shape index (κ1) is 17.6. The van der Waals surface area contributed by atoms with E-state index in [-0.39, 0.29) is 5.41 Å². The summed E-state index contributed by atoms with van der Waals surface area (Å²) in [5, 5.41) is 3.40. The highest BCUT2D eigenvalue weighted by atomic mass is 32.1. The molecule has 0 aliphatic carbocycles. The van der Waals surface area contributed by atoms with Crippen LogP contribution in [-0.2, 0) is 11.8 Å². The first-order valence-electron chi connectivity index (χ1n) is 7.83. The van der Waals surface area contributed by atoms with Crippen LogP contribution in [0.25, 0.3) is 0 Å². The predicted octanol–water partition coefficient (Wildman–Crippen LogP) is 4.03. The van der Waals surface area contributed by atoms with Gasteiger partial charge in [-0.3, -0.25) is 11.3 Å². The van der Waals surface area contributed by atoms with Gasteiger partial charge in [-0.25, -0.2) is 4.98 Å². The highest BCUT2D eigenvalue weighted by molar-refractivity contribution is 7.09. The normalized spacial score (nSPS) is 13.9. The number of hydrogen-bond acceptors (Lipinski definition) is 4. The molecule has 116 valence electrons. The van der Waals surface area contributed by atoms with Crippen LogP contribution in [0.2, 0.25) is 0 Å². The second-order valence-corrected chi connectivity index (χ2v) is 7.63.